The van der Waals surface area contributed by atoms with Crippen LogP contribution < -0.4 is 4.90 Å². The van der Waals surface area contributed by atoms with Crippen molar-refractivity contribution >= 4 is 27.4 Å². The molecule has 2 aromatic heterocycles. The Morgan fingerprint density at radius 3 is 2.72 bits per heavy atom. The largest absolute Gasteiger partial charge is 0.379 e. The molecule has 6 nitrogen and oxygen atoms in total. The van der Waals surface area contributed by atoms with Crippen LogP contribution in [0.2, 0.25) is 0 Å². The maximum atomic E-state index is 5.52. The molecule has 29 heavy (non-hydrogen) atoms. The number of morpholine rings is 1. The molecule has 5 rings (SSSR count). The molecule has 0 amide bonds. The lowest BCUT2D eigenvalue weighted by Gasteiger charge is -2.37. The molecule has 158 valence electrons. The summed E-state index contributed by atoms with van der Waals surface area (Å²) in [5, 5.41) is 1.37. The summed E-state index contributed by atoms with van der Waals surface area (Å²) in [5.41, 5.74) is 1.55. The smallest absolute Gasteiger partial charge is 0.146 e. The molecular weight excluding hydrogens is 382 g/mol. The van der Waals surface area contributed by atoms with Gasteiger partial charge < -0.3 is 14.5 Å². The van der Waals surface area contributed by atoms with Crippen molar-refractivity contribution < 1.29 is 4.74 Å². The number of rotatable bonds is 4. The van der Waals surface area contributed by atoms with Crippen LogP contribution in [0.15, 0.2) is 0 Å². The van der Waals surface area contributed by atoms with E-state index in [1.807, 2.05) is 11.3 Å². The summed E-state index contributed by atoms with van der Waals surface area (Å²) in [7, 11) is 4.42. The topological polar surface area (TPSA) is 44.7 Å². The fourth-order valence-corrected chi connectivity index (χ4v) is 6.28. The SMILES string of the molecule is CN(C)C1CCCN(c2nc(CN3CCOCC3)nc3sc4c(c23)CCCC4)C1. The minimum absolute atomic E-state index is 0.603. The number of fused-ring (bicyclic) bond motifs is 3. The van der Waals surface area contributed by atoms with E-state index in [1.54, 1.807) is 10.4 Å². The summed E-state index contributed by atoms with van der Waals surface area (Å²) >= 11 is 1.93. The Kier molecular flexibility index (Phi) is 5.74. The molecule has 3 aliphatic rings. The molecule has 1 atom stereocenters. The monoisotopic (exact) mass is 415 g/mol. The maximum absolute atomic E-state index is 5.52. The summed E-state index contributed by atoms with van der Waals surface area (Å²) in [6.07, 6.45) is 7.54. The predicted molar refractivity (Wildman–Crippen MR) is 119 cm³/mol. The zero-order valence-corrected chi connectivity index (χ0v) is 18.6. The molecule has 0 radical (unpaired) electrons. The fraction of sp³-hybridized carbons (Fsp3) is 0.727. The van der Waals surface area contributed by atoms with Crippen LogP contribution in [0.1, 0.15) is 41.9 Å². The van der Waals surface area contributed by atoms with Crippen molar-refractivity contribution in [2.75, 3.05) is 58.4 Å². The van der Waals surface area contributed by atoms with Gasteiger partial charge in [0.2, 0.25) is 0 Å². The van der Waals surface area contributed by atoms with E-state index in [0.717, 1.165) is 51.8 Å². The molecule has 4 heterocycles. The van der Waals surface area contributed by atoms with E-state index in [9.17, 15) is 0 Å². The molecule has 0 N–H and O–H groups in total. The molecule has 1 unspecified atom stereocenters. The highest BCUT2D eigenvalue weighted by Crippen LogP contribution is 2.40. The first-order chi connectivity index (χ1) is 14.2. The maximum Gasteiger partial charge on any atom is 0.146 e. The van der Waals surface area contributed by atoms with Gasteiger partial charge in [-0.25, -0.2) is 9.97 Å². The standard InChI is InChI=1S/C22H33N5OS/c1-25(2)16-6-5-9-27(14-16)21-20-17-7-3-4-8-18(17)29-22(20)24-19(23-21)15-26-10-12-28-13-11-26/h16H,3-15H2,1-2H3. The lowest BCUT2D eigenvalue weighted by Crippen LogP contribution is -2.45. The van der Waals surface area contributed by atoms with Crippen LogP contribution in [0.25, 0.3) is 10.2 Å². The molecule has 2 saturated heterocycles. The van der Waals surface area contributed by atoms with Gasteiger partial charge in [-0.3, -0.25) is 4.90 Å². The van der Waals surface area contributed by atoms with E-state index in [1.165, 1.54) is 54.6 Å². The van der Waals surface area contributed by atoms with Crippen molar-refractivity contribution in [1.82, 2.24) is 19.8 Å². The van der Waals surface area contributed by atoms with Gasteiger partial charge in [-0.15, -0.1) is 11.3 Å². The van der Waals surface area contributed by atoms with Crippen molar-refractivity contribution in [3.63, 3.8) is 0 Å². The highest BCUT2D eigenvalue weighted by molar-refractivity contribution is 7.19. The van der Waals surface area contributed by atoms with Crippen LogP contribution in [-0.4, -0.2) is 79.3 Å². The molecule has 2 aliphatic heterocycles. The summed E-state index contributed by atoms with van der Waals surface area (Å²) < 4.78 is 5.52. The quantitative estimate of drug-likeness (QED) is 0.765. The van der Waals surface area contributed by atoms with Gasteiger partial charge in [-0.2, -0.15) is 0 Å². The lowest BCUT2D eigenvalue weighted by atomic mass is 9.96. The Hall–Kier alpha value is -1.28. The predicted octanol–water partition coefficient (Wildman–Crippen LogP) is 2.93. The molecular formula is C22H33N5OS. The highest BCUT2D eigenvalue weighted by atomic mass is 32.1. The fourth-order valence-electron chi connectivity index (χ4n) is 5.01. The van der Waals surface area contributed by atoms with Crippen molar-refractivity contribution in [3.05, 3.63) is 16.3 Å². The van der Waals surface area contributed by atoms with Gasteiger partial charge in [0.05, 0.1) is 25.1 Å². The average Bonchev–Trinajstić information content (AvgIpc) is 3.12. The summed E-state index contributed by atoms with van der Waals surface area (Å²) in [6.45, 7) is 6.60. The second kappa shape index (κ2) is 8.46. The van der Waals surface area contributed by atoms with Crippen molar-refractivity contribution in [2.24, 2.45) is 0 Å². The lowest BCUT2D eigenvalue weighted by molar-refractivity contribution is 0.0331. The number of hydrogen-bond acceptors (Lipinski definition) is 7. The third-order valence-corrected chi connectivity index (χ3v) is 7.92. The first-order valence-corrected chi connectivity index (χ1v) is 12.0. The second-order valence-electron chi connectivity index (χ2n) is 8.95. The van der Waals surface area contributed by atoms with Crippen LogP contribution >= 0.6 is 11.3 Å². The number of piperidine rings is 1. The molecule has 2 aromatic rings. The minimum atomic E-state index is 0.603. The van der Waals surface area contributed by atoms with Gasteiger partial charge in [-0.05, 0) is 58.2 Å². The zero-order chi connectivity index (χ0) is 19.8. The van der Waals surface area contributed by atoms with Gasteiger partial charge in [0, 0.05) is 37.1 Å². The minimum Gasteiger partial charge on any atom is -0.379 e. The zero-order valence-electron chi connectivity index (χ0n) is 17.8. The highest BCUT2D eigenvalue weighted by Gasteiger charge is 2.28. The molecule has 1 aliphatic carbocycles. The van der Waals surface area contributed by atoms with E-state index >= 15 is 0 Å². The molecule has 2 fully saturated rings. The van der Waals surface area contributed by atoms with Crippen molar-refractivity contribution in [2.45, 2.75) is 51.1 Å². The van der Waals surface area contributed by atoms with E-state index in [4.69, 9.17) is 14.7 Å². The van der Waals surface area contributed by atoms with Crippen molar-refractivity contribution in [1.29, 1.82) is 0 Å². The first-order valence-electron chi connectivity index (χ1n) is 11.2. The molecule has 7 heteroatoms. The third kappa shape index (κ3) is 4.02. The number of likely N-dealkylation sites (N-methyl/N-ethyl adjacent to an activating group) is 1. The molecule has 0 bridgehead atoms. The van der Waals surface area contributed by atoms with E-state index in [-0.39, 0.29) is 0 Å². The van der Waals surface area contributed by atoms with Gasteiger partial charge in [0.1, 0.15) is 16.5 Å². The van der Waals surface area contributed by atoms with Gasteiger partial charge >= 0.3 is 0 Å². The van der Waals surface area contributed by atoms with Crippen LogP contribution in [0.4, 0.5) is 5.82 Å². The van der Waals surface area contributed by atoms with Crippen LogP contribution in [0.3, 0.4) is 0 Å². The number of hydrogen-bond donors (Lipinski definition) is 0. The van der Waals surface area contributed by atoms with E-state index in [0.29, 0.717) is 6.04 Å². The Balaban J connectivity index is 1.54. The van der Waals surface area contributed by atoms with Crippen LogP contribution in [-0.2, 0) is 24.1 Å². The Morgan fingerprint density at radius 1 is 1.07 bits per heavy atom. The Bertz CT molecular complexity index is 860. The van der Waals surface area contributed by atoms with E-state index < -0.39 is 0 Å². The van der Waals surface area contributed by atoms with Gasteiger partial charge in [-0.1, -0.05) is 0 Å². The number of thiophene rings is 1. The van der Waals surface area contributed by atoms with Crippen LogP contribution in [0, 0.1) is 0 Å². The summed E-state index contributed by atoms with van der Waals surface area (Å²) in [6, 6.07) is 0.603. The van der Waals surface area contributed by atoms with Gasteiger partial charge in [0.25, 0.3) is 0 Å². The van der Waals surface area contributed by atoms with E-state index in [2.05, 4.69) is 28.8 Å². The number of nitrogens with zero attached hydrogens (tertiary/aromatic N) is 5. The van der Waals surface area contributed by atoms with Gasteiger partial charge in [0.15, 0.2) is 0 Å². The number of anilines is 1. The Morgan fingerprint density at radius 2 is 1.90 bits per heavy atom. The van der Waals surface area contributed by atoms with Crippen molar-refractivity contribution in [3.8, 4) is 0 Å². The normalized spacial score (nSPS) is 23.7. The average molecular weight is 416 g/mol. The van der Waals surface area contributed by atoms with Crippen LogP contribution in [0.5, 0.6) is 0 Å². The molecule has 0 spiro atoms. The molecule has 0 aromatic carbocycles. The number of aromatic nitrogens is 2. The summed E-state index contributed by atoms with van der Waals surface area (Å²) in [4.78, 5) is 20.4. The number of ether oxygens (including phenoxy) is 1. The Labute approximate surface area is 177 Å². The second-order valence-corrected chi connectivity index (χ2v) is 10.0. The first kappa shape index (κ1) is 19.7. The third-order valence-electron chi connectivity index (χ3n) is 6.74. The number of aryl methyl sites for hydroxylation is 2. The summed E-state index contributed by atoms with van der Waals surface area (Å²) in [5.74, 6) is 2.20. The molecule has 0 saturated carbocycles.